The molecule has 0 aromatic heterocycles. The fourth-order valence-corrected chi connectivity index (χ4v) is 5.38. The van der Waals surface area contributed by atoms with Crippen LogP contribution in [-0.2, 0) is 6.42 Å². The number of urea groups is 1. The summed E-state index contributed by atoms with van der Waals surface area (Å²) in [5.74, 6) is 0.812. The van der Waals surface area contributed by atoms with Crippen molar-refractivity contribution in [3.05, 3.63) is 89.6 Å². The molecule has 2 amide bonds. The Labute approximate surface area is 232 Å². The summed E-state index contributed by atoms with van der Waals surface area (Å²) in [7, 11) is 1.61. The summed E-state index contributed by atoms with van der Waals surface area (Å²) in [5, 5.41) is 16.1. The SMILES string of the molecule is C=NN(/C=C(\CCC)c1ccc(-c2c(O)cc(C)cc2OC)cc1)C(=O)N1CCCCC1Cc1ccccc1. The van der Waals surface area contributed by atoms with Crippen LogP contribution in [0.15, 0.2) is 78.0 Å². The number of hydrogen-bond acceptors (Lipinski definition) is 4. The molecule has 0 bridgehead atoms. The van der Waals surface area contributed by atoms with Crippen LogP contribution in [-0.4, -0.2) is 47.5 Å². The van der Waals surface area contributed by atoms with Crippen LogP contribution >= 0.6 is 0 Å². The summed E-state index contributed by atoms with van der Waals surface area (Å²) in [6.07, 6.45) is 7.45. The van der Waals surface area contributed by atoms with Crippen molar-refractivity contribution in [3.8, 4) is 22.6 Å². The van der Waals surface area contributed by atoms with Crippen LogP contribution in [0.2, 0.25) is 0 Å². The summed E-state index contributed by atoms with van der Waals surface area (Å²) >= 11 is 0. The lowest BCUT2D eigenvalue weighted by Crippen LogP contribution is -2.48. The van der Waals surface area contributed by atoms with Crippen molar-refractivity contribution in [2.45, 2.75) is 58.4 Å². The third kappa shape index (κ3) is 6.69. The lowest BCUT2D eigenvalue weighted by atomic mass is 9.96. The molecule has 1 N–H and O–H groups in total. The number of benzene rings is 3. The first-order valence-corrected chi connectivity index (χ1v) is 13.7. The smallest absolute Gasteiger partial charge is 0.344 e. The van der Waals surface area contributed by atoms with E-state index in [4.69, 9.17) is 4.74 Å². The molecule has 1 aliphatic heterocycles. The Balaban J connectivity index is 1.59. The summed E-state index contributed by atoms with van der Waals surface area (Å²) in [5.41, 5.74) is 5.68. The first kappa shape index (κ1) is 28.0. The highest BCUT2D eigenvalue weighted by atomic mass is 16.5. The number of hydrazone groups is 1. The van der Waals surface area contributed by atoms with Gasteiger partial charge in [0.2, 0.25) is 0 Å². The summed E-state index contributed by atoms with van der Waals surface area (Å²) < 4.78 is 5.54. The normalized spacial score (nSPS) is 15.6. The molecule has 4 rings (SSSR count). The van der Waals surface area contributed by atoms with E-state index in [-0.39, 0.29) is 17.8 Å². The summed E-state index contributed by atoms with van der Waals surface area (Å²) in [4.78, 5) is 15.7. The van der Waals surface area contributed by atoms with Crippen LogP contribution in [0, 0.1) is 6.92 Å². The molecule has 204 valence electrons. The number of likely N-dealkylation sites (tertiary alicyclic amines) is 1. The van der Waals surface area contributed by atoms with E-state index in [1.165, 1.54) is 10.6 Å². The van der Waals surface area contributed by atoms with Crippen LogP contribution in [0.4, 0.5) is 4.79 Å². The number of aromatic hydroxyl groups is 1. The standard InChI is InChI=1S/C33H39N3O3/c1-5-11-28(26-15-17-27(18-16-26)32-30(37)20-24(2)21-31(32)39-4)23-36(34-3)33(38)35-19-10-9-14-29(35)22-25-12-7-6-8-13-25/h6-8,12-13,15-18,20-21,23,29,37H,3,5,9-11,14,19,22H2,1-2,4H3/b28-23+. The van der Waals surface area contributed by atoms with E-state index in [2.05, 4.69) is 30.9 Å². The van der Waals surface area contributed by atoms with Crippen LogP contribution in [0.25, 0.3) is 16.7 Å². The first-order valence-electron chi connectivity index (χ1n) is 13.7. The highest BCUT2D eigenvalue weighted by Crippen LogP contribution is 2.39. The fraction of sp³-hybridized carbons (Fsp3) is 0.333. The maximum atomic E-state index is 13.7. The number of carbonyl (C=O) groups excluding carboxylic acids is 1. The molecule has 1 unspecified atom stereocenters. The Morgan fingerprint density at radius 2 is 1.90 bits per heavy atom. The van der Waals surface area contributed by atoms with Crippen molar-refractivity contribution in [1.82, 2.24) is 9.91 Å². The molecule has 0 aliphatic carbocycles. The van der Waals surface area contributed by atoms with E-state index in [1.54, 1.807) is 13.2 Å². The molecule has 6 nitrogen and oxygen atoms in total. The molecule has 39 heavy (non-hydrogen) atoms. The highest BCUT2D eigenvalue weighted by Gasteiger charge is 2.30. The Bertz CT molecular complexity index is 1300. The van der Waals surface area contributed by atoms with Crippen molar-refractivity contribution in [3.63, 3.8) is 0 Å². The Kier molecular flexibility index (Phi) is 9.42. The average molecular weight is 526 g/mol. The van der Waals surface area contributed by atoms with Gasteiger partial charge in [-0.2, -0.15) is 10.1 Å². The molecular weight excluding hydrogens is 486 g/mol. The van der Waals surface area contributed by atoms with Gasteiger partial charge in [-0.25, -0.2) is 4.79 Å². The number of phenolic OH excluding ortho intramolecular Hbond substituents is 1. The molecule has 1 saturated heterocycles. The molecule has 3 aromatic rings. The number of carbonyl (C=O) groups is 1. The minimum Gasteiger partial charge on any atom is -0.507 e. The number of ether oxygens (including phenoxy) is 1. The van der Waals surface area contributed by atoms with E-state index < -0.39 is 0 Å². The maximum absolute atomic E-state index is 13.7. The third-order valence-electron chi connectivity index (χ3n) is 7.32. The van der Waals surface area contributed by atoms with Gasteiger partial charge >= 0.3 is 6.03 Å². The minimum absolute atomic E-state index is 0.134. The van der Waals surface area contributed by atoms with Gasteiger partial charge in [-0.05, 0) is 79.0 Å². The zero-order chi connectivity index (χ0) is 27.8. The number of methoxy groups -OCH3 is 1. The molecule has 0 radical (unpaired) electrons. The Hall–Kier alpha value is -4.06. The van der Waals surface area contributed by atoms with Gasteiger partial charge < -0.3 is 14.7 Å². The van der Waals surface area contributed by atoms with Gasteiger partial charge in [0, 0.05) is 25.5 Å². The third-order valence-corrected chi connectivity index (χ3v) is 7.32. The van der Waals surface area contributed by atoms with Crippen molar-refractivity contribution in [1.29, 1.82) is 0 Å². The second kappa shape index (κ2) is 13.1. The monoisotopic (exact) mass is 525 g/mol. The van der Waals surface area contributed by atoms with Crippen LogP contribution < -0.4 is 4.74 Å². The molecule has 0 spiro atoms. The largest absolute Gasteiger partial charge is 0.507 e. The summed E-state index contributed by atoms with van der Waals surface area (Å²) in [6, 6.07) is 22.0. The lowest BCUT2D eigenvalue weighted by molar-refractivity contribution is 0.128. The Morgan fingerprint density at radius 1 is 1.15 bits per heavy atom. The van der Waals surface area contributed by atoms with E-state index in [0.717, 1.165) is 67.3 Å². The number of aryl methyl sites for hydroxylation is 1. The predicted molar refractivity (Wildman–Crippen MR) is 159 cm³/mol. The first-order chi connectivity index (χ1) is 18.9. The predicted octanol–water partition coefficient (Wildman–Crippen LogP) is 7.65. The van der Waals surface area contributed by atoms with E-state index >= 15 is 0 Å². The van der Waals surface area contributed by atoms with E-state index in [9.17, 15) is 9.90 Å². The van der Waals surface area contributed by atoms with Gasteiger partial charge in [-0.15, -0.1) is 0 Å². The summed E-state index contributed by atoms with van der Waals surface area (Å²) in [6.45, 7) is 8.48. The van der Waals surface area contributed by atoms with Crippen LogP contribution in [0.5, 0.6) is 11.5 Å². The molecular formula is C33H39N3O3. The van der Waals surface area contributed by atoms with Crippen molar-refractivity contribution in [2.24, 2.45) is 5.10 Å². The zero-order valence-electron chi connectivity index (χ0n) is 23.3. The van der Waals surface area contributed by atoms with Gasteiger partial charge in [0.1, 0.15) is 11.5 Å². The van der Waals surface area contributed by atoms with Crippen molar-refractivity contribution >= 4 is 18.3 Å². The van der Waals surface area contributed by atoms with Gasteiger partial charge in [0.25, 0.3) is 0 Å². The quantitative estimate of drug-likeness (QED) is 0.230. The second-order valence-corrected chi connectivity index (χ2v) is 10.1. The van der Waals surface area contributed by atoms with Gasteiger partial charge in [0.05, 0.1) is 12.7 Å². The minimum atomic E-state index is -0.134. The fourth-order valence-electron chi connectivity index (χ4n) is 5.38. The molecule has 3 aromatic carbocycles. The molecule has 0 saturated carbocycles. The number of phenols is 1. The average Bonchev–Trinajstić information content (AvgIpc) is 2.95. The molecule has 1 heterocycles. The number of hydrogen-bond donors (Lipinski definition) is 1. The van der Waals surface area contributed by atoms with Crippen LogP contribution in [0.1, 0.15) is 55.7 Å². The molecule has 1 fully saturated rings. The molecule has 1 atom stereocenters. The van der Waals surface area contributed by atoms with Crippen molar-refractivity contribution in [2.75, 3.05) is 13.7 Å². The van der Waals surface area contributed by atoms with Crippen LogP contribution in [0.3, 0.4) is 0 Å². The van der Waals surface area contributed by atoms with Crippen molar-refractivity contribution < 1.29 is 14.6 Å². The highest BCUT2D eigenvalue weighted by molar-refractivity contribution is 5.81. The number of rotatable bonds is 9. The zero-order valence-corrected chi connectivity index (χ0v) is 23.3. The number of amides is 2. The maximum Gasteiger partial charge on any atom is 0.344 e. The lowest BCUT2D eigenvalue weighted by Gasteiger charge is -2.37. The Morgan fingerprint density at radius 3 is 2.56 bits per heavy atom. The van der Waals surface area contributed by atoms with Gasteiger partial charge in [-0.1, -0.05) is 67.9 Å². The number of piperidine rings is 1. The van der Waals surface area contributed by atoms with Gasteiger partial charge in [-0.3, -0.25) is 0 Å². The van der Waals surface area contributed by atoms with E-state index in [0.29, 0.717) is 11.3 Å². The van der Waals surface area contributed by atoms with E-state index in [1.807, 2.05) is 66.6 Å². The number of allylic oxidation sites excluding steroid dienone is 1. The van der Waals surface area contributed by atoms with Gasteiger partial charge in [0.15, 0.2) is 0 Å². The molecule has 1 aliphatic rings. The number of nitrogens with zero attached hydrogens (tertiary/aromatic N) is 3. The second-order valence-electron chi connectivity index (χ2n) is 10.1. The molecule has 6 heteroatoms. The topological polar surface area (TPSA) is 65.4 Å².